The summed E-state index contributed by atoms with van der Waals surface area (Å²) in [6.07, 6.45) is -1.08. The molecule has 1 amide bonds. The van der Waals surface area contributed by atoms with E-state index >= 15 is 0 Å². The first-order valence-electron chi connectivity index (χ1n) is 8.31. The molecule has 138 valence electrons. The van der Waals surface area contributed by atoms with Crippen molar-refractivity contribution in [2.24, 2.45) is 0 Å². The van der Waals surface area contributed by atoms with Gasteiger partial charge < -0.3 is 19.3 Å². The molecule has 0 radical (unpaired) electrons. The number of esters is 1. The molecule has 1 heterocycles. The fraction of sp³-hybridized carbons (Fsp3) is 0.556. The van der Waals surface area contributed by atoms with E-state index in [1.807, 2.05) is 13.8 Å². The van der Waals surface area contributed by atoms with Crippen molar-refractivity contribution in [2.45, 2.75) is 39.1 Å². The molecule has 0 bridgehead atoms. The maximum Gasteiger partial charge on any atom is 0.339 e. The number of rotatable bonds is 4. The predicted molar refractivity (Wildman–Crippen MR) is 92.2 cm³/mol. The van der Waals surface area contributed by atoms with Gasteiger partial charge in [0.15, 0.2) is 6.10 Å². The van der Waals surface area contributed by atoms with E-state index in [-0.39, 0.29) is 23.7 Å². The van der Waals surface area contributed by atoms with Crippen LogP contribution in [0.3, 0.4) is 0 Å². The Hall–Kier alpha value is -2.15. The van der Waals surface area contributed by atoms with Crippen molar-refractivity contribution in [3.05, 3.63) is 29.6 Å². The van der Waals surface area contributed by atoms with Crippen LogP contribution < -0.4 is 4.90 Å². The second kappa shape index (κ2) is 7.82. The SMILES string of the molecule is C[C@@H]1CN(C(=O)[C@H](C)OC(=O)c2ccc(N(C)C)c(F)c2)C[C@@H](C)O1. The molecular formula is C18H25FN2O4. The summed E-state index contributed by atoms with van der Waals surface area (Å²) in [6, 6.07) is 4.11. The van der Waals surface area contributed by atoms with E-state index in [0.717, 1.165) is 6.07 Å². The third kappa shape index (κ3) is 4.69. The molecule has 1 aliphatic heterocycles. The van der Waals surface area contributed by atoms with Crippen molar-refractivity contribution < 1.29 is 23.5 Å². The molecule has 0 N–H and O–H groups in total. The highest BCUT2D eigenvalue weighted by Crippen LogP contribution is 2.19. The summed E-state index contributed by atoms with van der Waals surface area (Å²) >= 11 is 0. The van der Waals surface area contributed by atoms with E-state index < -0.39 is 17.9 Å². The Morgan fingerprint density at radius 2 is 1.88 bits per heavy atom. The van der Waals surface area contributed by atoms with E-state index in [9.17, 15) is 14.0 Å². The summed E-state index contributed by atoms with van der Waals surface area (Å²) in [5.74, 6) is -1.52. The molecule has 1 aliphatic rings. The number of hydrogen-bond acceptors (Lipinski definition) is 5. The Bertz CT molecular complexity index is 640. The Balaban J connectivity index is 2.02. The van der Waals surface area contributed by atoms with Crippen LogP contribution in [0.2, 0.25) is 0 Å². The number of carbonyl (C=O) groups is 2. The minimum atomic E-state index is -0.943. The van der Waals surface area contributed by atoms with Crippen LogP contribution >= 0.6 is 0 Å². The third-order valence-electron chi connectivity index (χ3n) is 4.03. The lowest BCUT2D eigenvalue weighted by atomic mass is 10.2. The second-order valence-electron chi connectivity index (χ2n) is 6.61. The Morgan fingerprint density at radius 1 is 1.28 bits per heavy atom. The highest BCUT2D eigenvalue weighted by Gasteiger charge is 2.30. The number of carbonyl (C=O) groups excluding carboxylic acids is 2. The van der Waals surface area contributed by atoms with E-state index in [2.05, 4.69) is 0 Å². The van der Waals surface area contributed by atoms with Crippen molar-refractivity contribution in [1.82, 2.24) is 4.90 Å². The number of halogens is 1. The van der Waals surface area contributed by atoms with E-state index in [1.54, 1.807) is 23.9 Å². The maximum absolute atomic E-state index is 14.0. The number of ether oxygens (including phenoxy) is 2. The fourth-order valence-corrected chi connectivity index (χ4v) is 2.89. The number of nitrogens with zero attached hydrogens (tertiary/aromatic N) is 2. The number of morpholine rings is 1. The normalized spacial score (nSPS) is 21.6. The molecule has 3 atom stereocenters. The molecule has 0 aromatic heterocycles. The van der Waals surface area contributed by atoms with Crippen molar-refractivity contribution in [3.63, 3.8) is 0 Å². The van der Waals surface area contributed by atoms with E-state index in [0.29, 0.717) is 18.8 Å². The van der Waals surface area contributed by atoms with Gasteiger partial charge in [0.25, 0.3) is 5.91 Å². The van der Waals surface area contributed by atoms with Gasteiger partial charge in [-0.25, -0.2) is 9.18 Å². The molecule has 25 heavy (non-hydrogen) atoms. The lowest BCUT2D eigenvalue weighted by Crippen LogP contribution is -2.51. The summed E-state index contributed by atoms with van der Waals surface area (Å²) in [5.41, 5.74) is 0.448. The molecule has 2 rings (SSSR count). The number of anilines is 1. The van der Waals surface area contributed by atoms with Gasteiger partial charge in [-0.15, -0.1) is 0 Å². The zero-order valence-corrected chi connectivity index (χ0v) is 15.3. The smallest absolute Gasteiger partial charge is 0.339 e. The van der Waals surface area contributed by atoms with Crippen LogP contribution in [0.1, 0.15) is 31.1 Å². The standard InChI is InChI=1S/C18H25FN2O4/c1-11-9-21(10-12(2)24-11)17(22)13(3)25-18(23)14-6-7-16(20(4)5)15(19)8-14/h6-8,11-13H,9-10H2,1-5H3/t11-,12-,13+/m1/s1. The molecule has 0 aliphatic carbocycles. The molecule has 0 spiro atoms. The highest BCUT2D eigenvalue weighted by molar-refractivity contribution is 5.92. The summed E-state index contributed by atoms with van der Waals surface area (Å²) in [7, 11) is 3.42. The van der Waals surface area contributed by atoms with Crippen LogP contribution in [-0.2, 0) is 14.3 Å². The summed E-state index contributed by atoms with van der Waals surface area (Å²) in [6.45, 7) is 6.22. The number of benzene rings is 1. The van der Waals surface area contributed by atoms with Gasteiger partial charge in [-0.05, 0) is 39.0 Å². The molecule has 0 saturated carbocycles. The molecule has 6 nitrogen and oxygen atoms in total. The van der Waals surface area contributed by atoms with Crippen molar-refractivity contribution in [3.8, 4) is 0 Å². The molecule has 1 aromatic rings. The first-order valence-corrected chi connectivity index (χ1v) is 8.31. The molecule has 1 fully saturated rings. The van der Waals surface area contributed by atoms with Gasteiger partial charge in [-0.3, -0.25) is 4.79 Å². The summed E-state index contributed by atoms with van der Waals surface area (Å²) in [4.78, 5) is 27.9. The first-order chi connectivity index (χ1) is 11.7. The Labute approximate surface area is 147 Å². The van der Waals surface area contributed by atoms with Crippen LogP contribution in [-0.4, -0.2) is 62.3 Å². The molecular weight excluding hydrogens is 327 g/mol. The minimum Gasteiger partial charge on any atom is -0.449 e. The van der Waals surface area contributed by atoms with Crippen LogP contribution in [0.25, 0.3) is 0 Å². The predicted octanol–water partition coefficient (Wildman–Crippen LogP) is 2.07. The van der Waals surface area contributed by atoms with Gasteiger partial charge in [-0.1, -0.05) is 0 Å². The zero-order valence-electron chi connectivity index (χ0n) is 15.3. The number of hydrogen-bond donors (Lipinski definition) is 0. The lowest BCUT2D eigenvalue weighted by molar-refractivity contribution is -0.151. The fourth-order valence-electron chi connectivity index (χ4n) is 2.89. The quantitative estimate of drug-likeness (QED) is 0.777. The molecule has 7 heteroatoms. The Kier molecular flexibility index (Phi) is 6.00. The molecule has 1 saturated heterocycles. The average molecular weight is 352 g/mol. The summed E-state index contributed by atoms with van der Waals surface area (Å²) < 4.78 is 24.8. The Morgan fingerprint density at radius 3 is 2.40 bits per heavy atom. The highest BCUT2D eigenvalue weighted by atomic mass is 19.1. The van der Waals surface area contributed by atoms with Crippen LogP contribution in [0.4, 0.5) is 10.1 Å². The monoisotopic (exact) mass is 352 g/mol. The summed E-state index contributed by atoms with van der Waals surface area (Å²) in [5, 5.41) is 0. The largest absolute Gasteiger partial charge is 0.449 e. The van der Waals surface area contributed by atoms with Crippen molar-refractivity contribution in [2.75, 3.05) is 32.1 Å². The van der Waals surface area contributed by atoms with Gasteiger partial charge >= 0.3 is 5.97 Å². The van der Waals surface area contributed by atoms with Crippen molar-refractivity contribution >= 4 is 17.6 Å². The average Bonchev–Trinajstić information content (AvgIpc) is 2.52. The lowest BCUT2D eigenvalue weighted by Gasteiger charge is -2.36. The van der Waals surface area contributed by atoms with E-state index in [4.69, 9.17) is 9.47 Å². The van der Waals surface area contributed by atoms with Gasteiger partial charge in [0.1, 0.15) is 5.82 Å². The molecule has 0 unspecified atom stereocenters. The van der Waals surface area contributed by atoms with Crippen LogP contribution in [0, 0.1) is 5.82 Å². The van der Waals surface area contributed by atoms with Crippen molar-refractivity contribution in [1.29, 1.82) is 0 Å². The number of amides is 1. The van der Waals surface area contributed by atoms with Crippen LogP contribution in [0.5, 0.6) is 0 Å². The molecule has 1 aromatic carbocycles. The zero-order chi connectivity index (χ0) is 18.7. The third-order valence-corrected chi connectivity index (χ3v) is 4.03. The van der Waals surface area contributed by atoms with Gasteiger partial charge in [-0.2, -0.15) is 0 Å². The topological polar surface area (TPSA) is 59.1 Å². The van der Waals surface area contributed by atoms with Gasteiger partial charge in [0, 0.05) is 27.2 Å². The maximum atomic E-state index is 14.0. The van der Waals surface area contributed by atoms with E-state index in [1.165, 1.54) is 19.1 Å². The second-order valence-corrected chi connectivity index (χ2v) is 6.61. The van der Waals surface area contributed by atoms with Gasteiger partial charge in [0.2, 0.25) is 0 Å². The van der Waals surface area contributed by atoms with Gasteiger partial charge in [0.05, 0.1) is 23.5 Å². The van der Waals surface area contributed by atoms with Crippen LogP contribution in [0.15, 0.2) is 18.2 Å². The first kappa shape index (κ1) is 19.2. The minimum absolute atomic E-state index is 0.0664.